The van der Waals surface area contributed by atoms with Gasteiger partial charge in [0.1, 0.15) is 12.4 Å². The van der Waals surface area contributed by atoms with Gasteiger partial charge in [-0.2, -0.15) is 5.10 Å². The van der Waals surface area contributed by atoms with Gasteiger partial charge in [-0.1, -0.05) is 54.1 Å². The smallest absolute Gasteiger partial charge is 0.329 e. The van der Waals surface area contributed by atoms with Crippen LogP contribution in [0.1, 0.15) is 27.8 Å². The number of para-hydroxylation sites is 1. The number of nitrogens with one attached hydrogen (secondary N) is 2. The average molecular weight is 415 g/mol. The van der Waals surface area contributed by atoms with E-state index in [1.54, 1.807) is 6.07 Å². The maximum atomic E-state index is 12.1. The molecule has 0 aromatic heterocycles. The molecule has 0 radical (unpaired) electrons. The fourth-order valence-corrected chi connectivity index (χ4v) is 2.84. The highest BCUT2D eigenvalue weighted by atomic mass is 16.5. The minimum Gasteiger partial charge on any atom is -0.488 e. The Morgan fingerprint density at radius 3 is 2.42 bits per heavy atom. The summed E-state index contributed by atoms with van der Waals surface area (Å²) in [5.41, 5.74) is 7.71. The molecule has 0 saturated heterocycles. The van der Waals surface area contributed by atoms with Gasteiger partial charge in [-0.15, -0.1) is 0 Å². The average Bonchev–Trinajstić information content (AvgIpc) is 2.77. The molecule has 0 atom stereocenters. The summed E-state index contributed by atoms with van der Waals surface area (Å²) < 4.78 is 5.89. The normalized spacial score (nSPS) is 10.7. The lowest BCUT2D eigenvalue weighted by Gasteiger charge is -2.10. The van der Waals surface area contributed by atoms with Crippen molar-refractivity contribution in [1.29, 1.82) is 0 Å². The van der Waals surface area contributed by atoms with E-state index in [1.807, 2.05) is 81.4 Å². The highest BCUT2D eigenvalue weighted by Crippen LogP contribution is 2.19. The Morgan fingerprint density at radius 1 is 0.903 bits per heavy atom. The van der Waals surface area contributed by atoms with Crippen LogP contribution in [0.25, 0.3) is 0 Å². The quantitative estimate of drug-likeness (QED) is 0.358. The lowest BCUT2D eigenvalue weighted by atomic mass is 10.1. The van der Waals surface area contributed by atoms with Crippen molar-refractivity contribution in [3.8, 4) is 5.75 Å². The number of carbonyl (C=O) groups excluding carboxylic acids is 2. The molecule has 0 unspecified atom stereocenters. The first-order chi connectivity index (χ1) is 14.9. The second-order valence-electron chi connectivity index (χ2n) is 7.21. The first-order valence-corrected chi connectivity index (χ1v) is 9.92. The standard InChI is InChI=1S/C25H25N3O3/c1-17-11-13-20(14-12-17)16-31-23-10-5-4-8-21(23)15-26-28-25(30)24(29)27-22-9-6-7-18(2)19(22)3/h4-15H,16H2,1-3H3,(H,27,29)(H,28,30)/b26-15-. The van der Waals surface area contributed by atoms with E-state index in [-0.39, 0.29) is 0 Å². The zero-order chi connectivity index (χ0) is 22.2. The van der Waals surface area contributed by atoms with E-state index in [0.717, 1.165) is 16.7 Å². The second kappa shape index (κ2) is 10.2. The topological polar surface area (TPSA) is 79.8 Å². The Labute approximate surface area is 182 Å². The van der Waals surface area contributed by atoms with Crippen molar-refractivity contribution >= 4 is 23.7 Å². The summed E-state index contributed by atoms with van der Waals surface area (Å²) in [6, 6.07) is 20.9. The van der Waals surface area contributed by atoms with Crippen molar-refractivity contribution in [2.24, 2.45) is 5.10 Å². The van der Waals surface area contributed by atoms with E-state index in [4.69, 9.17) is 4.74 Å². The molecule has 0 heterocycles. The predicted molar refractivity (Wildman–Crippen MR) is 122 cm³/mol. The molecule has 2 amide bonds. The third-order valence-electron chi connectivity index (χ3n) is 4.86. The highest BCUT2D eigenvalue weighted by Gasteiger charge is 2.14. The van der Waals surface area contributed by atoms with Crippen molar-refractivity contribution < 1.29 is 14.3 Å². The summed E-state index contributed by atoms with van der Waals surface area (Å²) in [5.74, 6) is -1.01. The number of aryl methyl sites for hydroxylation is 2. The molecular formula is C25H25N3O3. The summed E-state index contributed by atoms with van der Waals surface area (Å²) >= 11 is 0. The van der Waals surface area contributed by atoms with Crippen LogP contribution in [0.3, 0.4) is 0 Å². The third-order valence-corrected chi connectivity index (χ3v) is 4.86. The molecule has 0 fully saturated rings. The van der Waals surface area contributed by atoms with Crippen LogP contribution in [0.15, 0.2) is 71.8 Å². The lowest BCUT2D eigenvalue weighted by molar-refractivity contribution is -0.136. The molecule has 0 spiro atoms. The highest BCUT2D eigenvalue weighted by molar-refractivity contribution is 6.39. The molecule has 0 aliphatic carbocycles. The fourth-order valence-electron chi connectivity index (χ4n) is 2.84. The summed E-state index contributed by atoms with van der Waals surface area (Å²) in [6.07, 6.45) is 1.45. The Balaban J connectivity index is 1.58. The molecule has 6 heteroatoms. The monoisotopic (exact) mass is 415 g/mol. The van der Waals surface area contributed by atoms with Gasteiger partial charge in [0.2, 0.25) is 0 Å². The molecule has 0 aliphatic heterocycles. The molecule has 3 aromatic rings. The minimum atomic E-state index is -0.852. The summed E-state index contributed by atoms with van der Waals surface area (Å²) in [5, 5.41) is 6.51. The Bertz CT molecular complexity index is 1110. The van der Waals surface area contributed by atoms with Gasteiger partial charge >= 0.3 is 11.8 Å². The predicted octanol–water partition coefficient (Wildman–Crippen LogP) is 4.28. The molecule has 0 aliphatic rings. The number of hydrogen-bond acceptors (Lipinski definition) is 4. The molecular weight excluding hydrogens is 390 g/mol. The third kappa shape index (κ3) is 6.02. The molecule has 0 bridgehead atoms. The van der Waals surface area contributed by atoms with Gasteiger partial charge < -0.3 is 10.1 Å². The van der Waals surface area contributed by atoms with Crippen LogP contribution >= 0.6 is 0 Å². The molecule has 0 saturated carbocycles. The number of rotatable bonds is 6. The summed E-state index contributed by atoms with van der Waals surface area (Å²) in [7, 11) is 0. The maximum Gasteiger partial charge on any atom is 0.329 e. The Morgan fingerprint density at radius 2 is 1.65 bits per heavy atom. The van der Waals surface area contributed by atoms with Crippen LogP contribution in [-0.4, -0.2) is 18.0 Å². The minimum absolute atomic E-state index is 0.412. The SMILES string of the molecule is Cc1ccc(COc2ccccc2/C=N\NC(=O)C(=O)Nc2cccc(C)c2C)cc1. The van der Waals surface area contributed by atoms with Gasteiger partial charge in [0.15, 0.2) is 0 Å². The number of nitrogens with zero attached hydrogens (tertiary/aromatic N) is 1. The van der Waals surface area contributed by atoms with E-state index >= 15 is 0 Å². The molecule has 3 aromatic carbocycles. The Kier molecular flexibility index (Phi) is 7.17. The first-order valence-electron chi connectivity index (χ1n) is 9.92. The van der Waals surface area contributed by atoms with Gasteiger partial charge in [-0.25, -0.2) is 5.43 Å². The van der Waals surface area contributed by atoms with Crippen LogP contribution < -0.4 is 15.5 Å². The number of amides is 2. The largest absolute Gasteiger partial charge is 0.488 e. The van der Waals surface area contributed by atoms with Crippen LogP contribution in [0, 0.1) is 20.8 Å². The van der Waals surface area contributed by atoms with E-state index in [2.05, 4.69) is 15.8 Å². The first kappa shape index (κ1) is 21.8. The number of benzene rings is 3. The van der Waals surface area contributed by atoms with Crippen LogP contribution in [-0.2, 0) is 16.2 Å². The number of hydrogen-bond donors (Lipinski definition) is 2. The summed E-state index contributed by atoms with van der Waals surface area (Å²) in [6.45, 7) is 6.27. The number of anilines is 1. The van der Waals surface area contributed by atoms with Crippen LogP contribution in [0.2, 0.25) is 0 Å². The van der Waals surface area contributed by atoms with Crippen molar-refractivity contribution in [3.63, 3.8) is 0 Å². The van der Waals surface area contributed by atoms with Gasteiger partial charge in [-0.05, 0) is 55.7 Å². The molecule has 6 nitrogen and oxygen atoms in total. The van der Waals surface area contributed by atoms with Gasteiger partial charge in [0.05, 0.1) is 6.21 Å². The van der Waals surface area contributed by atoms with Crippen LogP contribution in [0.5, 0.6) is 5.75 Å². The molecule has 2 N–H and O–H groups in total. The molecule has 158 valence electrons. The van der Waals surface area contributed by atoms with Gasteiger partial charge in [0.25, 0.3) is 0 Å². The molecule has 31 heavy (non-hydrogen) atoms. The van der Waals surface area contributed by atoms with Crippen molar-refractivity contribution in [2.45, 2.75) is 27.4 Å². The zero-order valence-corrected chi connectivity index (χ0v) is 17.8. The van der Waals surface area contributed by atoms with Gasteiger partial charge in [0, 0.05) is 11.3 Å². The van der Waals surface area contributed by atoms with E-state index in [1.165, 1.54) is 11.8 Å². The number of carbonyl (C=O) groups is 2. The van der Waals surface area contributed by atoms with Gasteiger partial charge in [-0.3, -0.25) is 9.59 Å². The van der Waals surface area contributed by atoms with E-state index in [0.29, 0.717) is 23.6 Å². The fraction of sp³-hybridized carbons (Fsp3) is 0.160. The maximum absolute atomic E-state index is 12.1. The van der Waals surface area contributed by atoms with E-state index in [9.17, 15) is 9.59 Å². The van der Waals surface area contributed by atoms with Crippen molar-refractivity contribution in [3.05, 3.63) is 94.5 Å². The zero-order valence-electron chi connectivity index (χ0n) is 17.8. The molecule has 3 rings (SSSR count). The van der Waals surface area contributed by atoms with Crippen LogP contribution in [0.4, 0.5) is 5.69 Å². The van der Waals surface area contributed by atoms with E-state index < -0.39 is 11.8 Å². The number of ether oxygens (including phenoxy) is 1. The second-order valence-corrected chi connectivity index (χ2v) is 7.21. The lowest BCUT2D eigenvalue weighted by Crippen LogP contribution is -2.32. The van der Waals surface area contributed by atoms with Crippen molar-refractivity contribution in [1.82, 2.24) is 5.43 Å². The van der Waals surface area contributed by atoms with Crippen molar-refractivity contribution in [2.75, 3.05) is 5.32 Å². The number of hydrazone groups is 1. The Hall–Kier alpha value is -3.93. The summed E-state index contributed by atoms with van der Waals surface area (Å²) in [4.78, 5) is 24.2.